The van der Waals surface area contributed by atoms with Gasteiger partial charge in [0.1, 0.15) is 5.40 Å². The van der Waals surface area contributed by atoms with E-state index in [9.17, 15) is 4.79 Å². The number of nitriles is 1. The van der Waals surface area contributed by atoms with Gasteiger partial charge in [-0.1, -0.05) is 26.0 Å². The van der Waals surface area contributed by atoms with Crippen molar-refractivity contribution in [3.63, 3.8) is 0 Å². The molecular weight excluding hydrogens is 230 g/mol. The second-order valence-corrected chi connectivity index (χ2v) is 5.46. The number of ketones is 1. The van der Waals surface area contributed by atoms with Gasteiger partial charge in [-0.25, -0.2) is 0 Å². The van der Waals surface area contributed by atoms with E-state index < -0.39 is 0 Å². The Hall–Kier alpha value is -1.27. The lowest BCUT2D eigenvalue weighted by Gasteiger charge is -2.16. The van der Waals surface area contributed by atoms with Crippen LogP contribution in [0.15, 0.2) is 18.2 Å². The Morgan fingerprint density at radius 1 is 1.29 bits per heavy atom. The summed E-state index contributed by atoms with van der Waals surface area (Å²) in [5, 5.41) is 10.5. The zero-order valence-corrected chi connectivity index (χ0v) is 11.5. The van der Waals surface area contributed by atoms with Crippen molar-refractivity contribution in [2.24, 2.45) is 5.92 Å². The zero-order valence-electron chi connectivity index (χ0n) is 10.7. The fourth-order valence-electron chi connectivity index (χ4n) is 1.61. The molecule has 1 unspecified atom stereocenters. The summed E-state index contributed by atoms with van der Waals surface area (Å²) in [4.78, 5) is 12.3. The van der Waals surface area contributed by atoms with E-state index >= 15 is 0 Å². The SMILES string of the molecule is Cc1ccc(C(=O)C(SC#N)C(C)C)cc1C. The molecule has 0 aromatic heterocycles. The maximum absolute atomic E-state index is 12.3. The molecule has 3 heteroatoms. The fraction of sp³-hybridized carbons (Fsp3) is 0.429. The Kier molecular flexibility index (Phi) is 4.77. The molecule has 0 amide bonds. The third-order valence-corrected chi connectivity index (χ3v) is 3.95. The van der Waals surface area contributed by atoms with Crippen molar-refractivity contribution in [2.45, 2.75) is 32.9 Å². The number of thiocyanates is 1. The van der Waals surface area contributed by atoms with Gasteiger partial charge in [-0.2, -0.15) is 5.26 Å². The summed E-state index contributed by atoms with van der Waals surface area (Å²) >= 11 is 1.05. The first kappa shape index (κ1) is 13.8. The van der Waals surface area contributed by atoms with Crippen LogP contribution < -0.4 is 0 Å². The number of rotatable bonds is 4. The predicted molar refractivity (Wildman–Crippen MR) is 72.1 cm³/mol. The summed E-state index contributed by atoms with van der Waals surface area (Å²) in [5.74, 6) is 0.211. The van der Waals surface area contributed by atoms with Gasteiger partial charge in [0.25, 0.3) is 0 Å². The highest BCUT2D eigenvalue weighted by molar-refractivity contribution is 8.05. The maximum Gasteiger partial charge on any atom is 0.177 e. The van der Waals surface area contributed by atoms with Crippen molar-refractivity contribution in [1.29, 1.82) is 5.26 Å². The molecule has 0 spiro atoms. The van der Waals surface area contributed by atoms with Crippen LogP contribution in [0.5, 0.6) is 0 Å². The van der Waals surface area contributed by atoms with Crippen molar-refractivity contribution in [3.05, 3.63) is 34.9 Å². The summed E-state index contributed by atoms with van der Waals surface area (Å²) < 4.78 is 0. The van der Waals surface area contributed by atoms with E-state index in [-0.39, 0.29) is 17.0 Å². The number of Topliss-reactive ketones (excluding diaryl/α,β-unsaturated/α-hetero) is 1. The summed E-state index contributed by atoms with van der Waals surface area (Å²) in [6, 6.07) is 5.71. The largest absolute Gasteiger partial charge is 0.293 e. The molecule has 90 valence electrons. The molecule has 0 saturated carbocycles. The summed E-state index contributed by atoms with van der Waals surface area (Å²) in [7, 11) is 0. The van der Waals surface area contributed by atoms with Crippen LogP contribution in [0.2, 0.25) is 0 Å². The standard InChI is InChI=1S/C14H17NOS/c1-9(2)14(17-8-15)13(16)12-6-5-10(3)11(4)7-12/h5-7,9,14H,1-4H3. The molecule has 0 radical (unpaired) electrons. The highest BCUT2D eigenvalue weighted by Crippen LogP contribution is 2.23. The zero-order chi connectivity index (χ0) is 13.0. The number of hydrogen-bond acceptors (Lipinski definition) is 3. The van der Waals surface area contributed by atoms with Crippen LogP contribution >= 0.6 is 11.8 Å². The van der Waals surface area contributed by atoms with E-state index in [0.29, 0.717) is 5.56 Å². The molecule has 0 bridgehead atoms. The van der Waals surface area contributed by atoms with Crippen molar-refractivity contribution in [1.82, 2.24) is 0 Å². The third-order valence-electron chi connectivity index (χ3n) is 2.84. The molecule has 1 aromatic carbocycles. The van der Waals surface area contributed by atoms with Gasteiger partial charge in [-0.05, 0) is 48.7 Å². The Morgan fingerprint density at radius 2 is 1.94 bits per heavy atom. The lowest BCUT2D eigenvalue weighted by molar-refractivity contribution is 0.0976. The third kappa shape index (κ3) is 3.34. The molecule has 0 N–H and O–H groups in total. The van der Waals surface area contributed by atoms with Gasteiger partial charge >= 0.3 is 0 Å². The van der Waals surface area contributed by atoms with Crippen molar-refractivity contribution in [2.75, 3.05) is 0 Å². The van der Waals surface area contributed by atoms with Crippen LogP contribution in [0.25, 0.3) is 0 Å². The molecule has 1 rings (SSSR count). The number of thioether (sulfide) groups is 1. The Bertz CT molecular complexity index is 460. The molecule has 0 heterocycles. The number of benzene rings is 1. The number of nitrogens with zero attached hydrogens (tertiary/aromatic N) is 1. The monoisotopic (exact) mass is 247 g/mol. The molecule has 0 aliphatic carbocycles. The lowest BCUT2D eigenvalue weighted by atomic mass is 9.97. The quantitative estimate of drug-likeness (QED) is 0.601. The second kappa shape index (κ2) is 5.88. The van der Waals surface area contributed by atoms with Crippen LogP contribution in [0.1, 0.15) is 35.3 Å². The van der Waals surface area contributed by atoms with E-state index in [1.807, 2.05) is 51.3 Å². The normalized spacial score (nSPS) is 12.2. The molecule has 1 atom stereocenters. The van der Waals surface area contributed by atoms with Gasteiger partial charge < -0.3 is 0 Å². The molecule has 0 saturated heterocycles. The first-order valence-corrected chi connectivity index (χ1v) is 6.51. The number of carbonyl (C=O) groups excluding carboxylic acids is 1. The smallest absolute Gasteiger partial charge is 0.177 e. The minimum absolute atomic E-state index is 0.0506. The summed E-state index contributed by atoms with van der Waals surface area (Å²) in [6.45, 7) is 7.95. The Labute approximate surface area is 107 Å². The van der Waals surface area contributed by atoms with Crippen LogP contribution in [0.3, 0.4) is 0 Å². The van der Waals surface area contributed by atoms with E-state index in [2.05, 4.69) is 0 Å². The Balaban J connectivity index is 3.02. The number of aryl methyl sites for hydroxylation is 2. The molecule has 17 heavy (non-hydrogen) atoms. The highest BCUT2D eigenvalue weighted by atomic mass is 32.2. The van der Waals surface area contributed by atoms with Crippen LogP contribution in [-0.2, 0) is 0 Å². The maximum atomic E-state index is 12.3. The van der Waals surface area contributed by atoms with E-state index in [1.54, 1.807) is 0 Å². The van der Waals surface area contributed by atoms with Crippen LogP contribution in [-0.4, -0.2) is 11.0 Å². The van der Waals surface area contributed by atoms with Crippen molar-refractivity contribution >= 4 is 17.5 Å². The molecule has 2 nitrogen and oxygen atoms in total. The Morgan fingerprint density at radius 3 is 2.41 bits per heavy atom. The summed E-state index contributed by atoms with van der Waals surface area (Å²) in [6.07, 6.45) is 0. The minimum Gasteiger partial charge on any atom is -0.293 e. The topological polar surface area (TPSA) is 40.9 Å². The van der Waals surface area contributed by atoms with Crippen LogP contribution in [0.4, 0.5) is 0 Å². The first-order chi connectivity index (χ1) is 7.97. The van der Waals surface area contributed by atoms with E-state index in [0.717, 1.165) is 17.3 Å². The average Bonchev–Trinajstić information content (AvgIpc) is 2.28. The van der Waals surface area contributed by atoms with E-state index in [4.69, 9.17) is 5.26 Å². The van der Waals surface area contributed by atoms with Crippen LogP contribution in [0, 0.1) is 30.4 Å². The van der Waals surface area contributed by atoms with Gasteiger partial charge in [0.2, 0.25) is 0 Å². The first-order valence-electron chi connectivity index (χ1n) is 5.63. The fourth-order valence-corrected chi connectivity index (χ4v) is 2.24. The van der Waals surface area contributed by atoms with Gasteiger partial charge in [0, 0.05) is 5.56 Å². The van der Waals surface area contributed by atoms with Gasteiger partial charge in [0.15, 0.2) is 5.78 Å². The predicted octanol–water partition coefficient (Wildman–Crippen LogP) is 3.73. The van der Waals surface area contributed by atoms with E-state index in [1.165, 1.54) is 5.56 Å². The van der Waals surface area contributed by atoms with Crippen molar-refractivity contribution in [3.8, 4) is 5.40 Å². The second-order valence-electron chi connectivity index (χ2n) is 4.54. The molecule has 1 aromatic rings. The molecule has 0 aliphatic rings. The van der Waals surface area contributed by atoms with Gasteiger partial charge in [-0.3, -0.25) is 4.79 Å². The van der Waals surface area contributed by atoms with Gasteiger partial charge in [0.05, 0.1) is 5.25 Å². The lowest BCUT2D eigenvalue weighted by Crippen LogP contribution is -2.23. The summed E-state index contributed by atoms with van der Waals surface area (Å²) in [5.41, 5.74) is 2.99. The number of carbonyl (C=O) groups is 1. The molecular formula is C14H17NOS. The highest BCUT2D eigenvalue weighted by Gasteiger charge is 2.24. The molecule has 0 aliphatic heterocycles. The van der Waals surface area contributed by atoms with Crippen molar-refractivity contribution < 1.29 is 4.79 Å². The molecule has 0 fully saturated rings. The minimum atomic E-state index is -0.276. The number of hydrogen-bond donors (Lipinski definition) is 0. The van der Waals surface area contributed by atoms with Gasteiger partial charge in [-0.15, -0.1) is 0 Å². The average molecular weight is 247 g/mol.